The van der Waals surface area contributed by atoms with Crippen LogP contribution in [0.1, 0.15) is 50.9 Å². The highest BCUT2D eigenvalue weighted by Gasteiger charge is 2.19. The molecule has 0 aliphatic carbocycles. The van der Waals surface area contributed by atoms with Crippen molar-refractivity contribution >= 4 is 5.91 Å². The maximum atomic E-state index is 12.1. The third-order valence-corrected chi connectivity index (χ3v) is 3.85. The van der Waals surface area contributed by atoms with Crippen molar-refractivity contribution < 1.29 is 9.53 Å². The molecule has 1 aromatic heterocycles. The maximum absolute atomic E-state index is 12.1. The van der Waals surface area contributed by atoms with E-state index in [0.29, 0.717) is 26.0 Å². The summed E-state index contributed by atoms with van der Waals surface area (Å²) in [6, 6.07) is 7.88. The van der Waals surface area contributed by atoms with Crippen LogP contribution in [0.4, 0.5) is 0 Å². The van der Waals surface area contributed by atoms with Gasteiger partial charge in [-0.2, -0.15) is 0 Å². The summed E-state index contributed by atoms with van der Waals surface area (Å²) in [6.45, 7) is 9.38. The van der Waals surface area contributed by atoms with Gasteiger partial charge in [0.2, 0.25) is 5.91 Å². The smallest absolute Gasteiger partial charge is 0.220 e. The van der Waals surface area contributed by atoms with E-state index in [0.717, 1.165) is 22.6 Å². The number of hydrogen-bond donors (Lipinski definition) is 1. The molecule has 5 nitrogen and oxygen atoms in total. The van der Waals surface area contributed by atoms with Crippen LogP contribution >= 0.6 is 0 Å². The molecule has 0 bridgehead atoms. The lowest BCUT2D eigenvalue weighted by Gasteiger charge is -2.21. The molecule has 0 aliphatic heterocycles. The van der Waals surface area contributed by atoms with Gasteiger partial charge in [-0.05, 0) is 31.0 Å². The first-order valence-corrected chi connectivity index (χ1v) is 8.68. The summed E-state index contributed by atoms with van der Waals surface area (Å²) in [4.78, 5) is 20.6. The number of hydrogen-bond acceptors (Lipinski definition) is 4. The number of aromatic nitrogens is 2. The molecule has 0 spiro atoms. The van der Waals surface area contributed by atoms with Crippen molar-refractivity contribution in [1.29, 1.82) is 0 Å². The highest BCUT2D eigenvalue weighted by molar-refractivity contribution is 5.76. The average molecular weight is 341 g/mol. The fraction of sp³-hybridized carbons (Fsp3) is 0.450. The topological polar surface area (TPSA) is 64.1 Å². The second-order valence-corrected chi connectivity index (χ2v) is 7.00. The zero-order valence-corrected chi connectivity index (χ0v) is 15.5. The van der Waals surface area contributed by atoms with Gasteiger partial charge in [0.15, 0.2) is 0 Å². The van der Waals surface area contributed by atoms with Gasteiger partial charge in [-0.15, -0.1) is 0 Å². The third kappa shape index (κ3) is 5.85. The quantitative estimate of drug-likeness (QED) is 0.838. The van der Waals surface area contributed by atoms with Crippen molar-refractivity contribution in [3.8, 4) is 5.75 Å². The summed E-state index contributed by atoms with van der Waals surface area (Å²) in [5, 5.41) is 2.97. The van der Waals surface area contributed by atoms with E-state index >= 15 is 0 Å². The van der Waals surface area contributed by atoms with Gasteiger partial charge in [-0.3, -0.25) is 4.79 Å². The minimum absolute atomic E-state index is 0.0256. The summed E-state index contributed by atoms with van der Waals surface area (Å²) in [6.07, 6.45) is 4.49. The Kier molecular flexibility index (Phi) is 6.51. The first-order valence-electron chi connectivity index (χ1n) is 8.68. The number of rotatable bonds is 7. The Balaban J connectivity index is 1.85. The number of nitrogens with zero attached hydrogens (tertiary/aromatic N) is 2. The minimum atomic E-state index is -0.0781. The molecule has 2 rings (SSSR count). The van der Waals surface area contributed by atoms with E-state index in [4.69, 9.17) is 4.74 Å². The van der Waals surface area contributed by atoms with E-state index in [2.05, 4.69) is 36.1 Å². The fourth-order valence-corrected chi connectivity index (χ4v) is 2.62. The number of nitrogens with one attached hydrogen (secondary N) is 1. The Morgan fingerprint density at radius 3 is 2.56 bits per heavy atom. The van der Waals surface area contributed by atoms with Crippen LogP contribution in [-0.2, 0) is 23.2 Å². The normalized spacial score (nSPS) is 11.2. The standard InChI is InChI=1S/C20H27N3O2/c1-5-25-17-9-6-15(7-10-17)8-11-18(24)22-13-16-12-21-14-23-19(16)20(2,3)4/h6-7,9-10,12,14H,5,8,11,13H2,1-4H3,(H,22,24). The molecule has 134 valence electrons. The largest absolute Gasteiger partial charge is 0.494 e. The molecule has 0 saturated heterocycles. The monoisotopic (exact) mass is 341 g/mol. The van der Waals surface area contributed by atoms with Gasteiger partial charge in [0.1, 0.15) is 12.1 Å². The summed E-state index contributed by atoms with van der Waals surface area (Å²) < 4.78 is 5.42. The second kappa shape index (κ2) is 8.60. The van der Waals surface area contributed by atoms with Crippen LogP contribution in [0.3, 0.4) is 0 Å². The highest BCUT2D eigenvalue weighted by Crippen LogP contribution is 2.22. The molecule has 1 aromatic carbocycles. The molecule has 25 heavy (non-hydrogen) atoms. The van der Waals surface area contributed by atoms with E-state index in [-0.39, 0.29) is 11.3 Å². The summed E-state index contributed by atoms with van der Waals surface area (Å²) in [5.74, 6) is 0.882. The van der Waals surface area contributed by atoms with E-state index in [1.54, 1.807) is 12.5 Å². The van der Waals surface area contributed by atoms with E-state index < -0.39 is 0 Å². The predicted octanol–water partition coefficient (Wildman–Crippen LogP) is 3.42. The first kappa shape index (κ1) is 18.9. The Labute approximate surface area is 149 Å². The Morgan fingerprint density at radius 2 is 1.92 bits per heavy atom. The van der Waals surface area contributed by atoms with Gasteiger partial charge in [0.05, 0.1) is 12.3 Å². The molecular weight excluding hydrogens is 314 g/mol. The predicted molar refractivity (Wildman–Crippen MR) is 98.5 cm³/mol. The molecule has 1 heterocycles. The van der Waals surface area contributed by atoms with Crippen LogP contribution < -0.4 is 10.1 Å². The van der Waals surface area contributed by atoms with Crippen molar-refractivity contribution in [3.05, 3.63) is 53.6 Å². The lowest BCUT2D eigenvalue weighted by molar-refractivity contribution is -0.121. The zero-order valence-electron chi connectivity index (χ0n) is 15.5. The summed E-state index contributed by atoms with van der Waals surface area (Å²) in [5.41, 5.74) is 2.97. The SMILES string of the molecule is CCOc1ccc(CCC(=O)NCc2cncnc2C(C)(C)C)cc1. The van der Waals surface area contributed by atoms with Crippen molar-refractivity contribution in [2.75, 3.05) is 6.61 Å². The molecule has 0 radical (unpaired) electrons. The van der Waals surface area contributed by atoms with Gasteiger partial charge in [-0.25, -0.2) is 9.97 Å². The second-order valence-electron chi connectivity index (χ2n) is 7.00. The van der Waals surface area contributed by atoms with Gasteiger partial charge < -0.3 is 10.1 Å². The maximum Gasteiger partial charge on any atom is 0.220 e. The minimum Gasteiger partial charge on any atom is -0.494 e. The number of aryl methyl sites for hydroxylation is 1. The van der Waals surface area contributed by atoms with Crippen molar-refractivity contribution in [2.24, 2.45) is 0 Å². The van der Waals surface area contributed by atoms with E-state index in [1.165, 1.54) is 0 Å². The Morgan fingerprint density at radius 1 is 1.20 bits per heavy atom. The molecular formula is C20H27N3O2. The Bertz CT molecular complexity index is 691. The number of carbonyl (C=O) groups excluding carboxylic acids is 1. The third-order valence-electron chi connectivity index (χ3n) is 3.85. The molecule has 1 amide bonds. The first-order chi connectivity index (χ1) is 11.9. The van der Waals surface area contributed by atoms with Crippen LogP contribution in [0.25, 0.3) is 0 Å². The van der Waals surface area contributed by atoms with Crippen LogP contribution in [-0.4, -0.2) is 22.5 Å². The molecule has 0 atom stereocenters. The molecule has 0 fully saturated rings. The van der Waals surface area contributed by atoms with Crippen molar-refractivity contribution in [3.63, 3.8) is 0 Å². The molecule has 0 unspecified atom stereocenters. The number of ether oxygens (including phenoxy) is 1. The molecule has 0 saturated carbocycles. The Hall–Kier alpha value is -2.43. The van der Waals surface area contributed by atoms with Crippen LogP contribution in [0.15, 0.2) is 36.8 Å². The molecule has 2 aromatic rings. The fourth-order valence-electron chi connectivity index (χ4n) is 2.62. The number of amides is 1. The number of benzene rings is 1. The van der Waals surface area contributed by atoms with Crippen LogP contribution in [0.5, 0.6) is 5.75 Å². The zero-order chi connectivity index (χ0) is 18.3. The van der Waals surface area contributed by atoms with Crippen LogP contribution in [0, 0.1) is 0 Å². The van der Waals surface area contributed by atoms with Gasteiger partial charge in [0, 0.05) is 30.1 Å². The van der Waals surface area contributed by atoms with E-state index in [9.17, 15) is 4.79 Å². The van der Waals surface area contributed by atoms with Gasteiger partial charge >= 0.3 is 0 Å². The lowest BCUT2D eigenvalue weighted by atomic mass is 9.89. The molecule has 5 heteroatoms. The lowest BCUT2D eigenvalue weighted by Crippen LogP contribution is -2.26. The van der Waals surface area contributed by atoms with Crippen molar-refractivity contribution in [1.82, 2.24) is 15.3 Å². The van der Waals surface area contributed by atoms with E-state index in [1.807, 2.05) is 31.2 Å². The van der Waals surface area contributed by atoms with Gasteiger partial charge in [-0.1, -0.05) is 32.9 Å². The van der Waals surface area contributed by atoms with Crippen LogP contribution in [0.2, 0.25) is 0 Å². The highest BCUT2D eigenvalue weighted by atomic mass is 16.5. The van der Waals surface area contributed by atoms with Gasteiger partial charge in [0.25, 0.3) is 0 Å². The number of carbonyl (C=O) groups is 1. The van der Waals surface area contributed by atoms with Crippen molar-refractivity contribution in [2.45, 2.75) is 52.5 Å². The summed E-state index contributed by atoms with van der Waals surface area (Å²) >= 11 is 0. The average Bonchev–Trinajstić information content (AvgIpc) is 2.59. The molecule has 1 N–H and O–H groups in total. The summed E-state index contributed by atoms with van der Waals surface area (Å²) in [7, 11) is 0. The molecule has 0 aliphatic rings.